The predicted molar refractivity (Wildman–Crippen MR) is 112 cm³/mol. The van der Waals surface area contributed by atoms with Gasteiger partial charge in [0.05, 0.1) is 31.1 Å². The summed E-state index contributed by atoms with van der Waals surface area (Å²) in [7, 11) is 1.70. The van der Waals surface area contributed by atoms with Crippen molar-refractivity contribution in [3.05, 3.63) is 90.3 Å². The van der Waals surface area contributed by atoms with Crippen LogP contribution in [0.5, 0.6) is 11.5 Å². The lowest BCUT2D eigenvalue weighted by Crippen LogP contribution is -2.04. The van der Waals surface area contributed by atoms with Crippen LogP contribution in [0.3, 0.4) is 0 Å². The highest BCUT2D eigenvalue weighted by Crippen LogP contribution is 2.20. The van der Waals surface area contributed by atoms with E-state index in [0.29, 0.717) is 6.61 Å². The van der Waals surface area contributed by atoms with E-state index in [1.807, 2.05) is 42.7 Å². The highest BCUT2D eigenvalue weighted by atomic mass is 16.5. The fraction of sp³-hybridized carbons (Fsp3) is 0.208. The Morgan fingerprint density at radius 3 is 2.68 bits per heavy atom. The van der Waals surface area contributed by atoms with Crippen molar-refractivity contribution in [2.75, 3.05) is 13.7 Å². The molecule has 0 fully saturated rings. The van der Waals surface area contributed by atoms with Gasteiger partial charge in [-0.2, -0.15) is 0 Å². The van der Waals surface area contributed by atoms with E-state index in [1.54, 1.807) is 7.11 Å². The van der Waals surface area contributed by atoms with E-state index in [1.165, 1.54) is 11.1 Å². The summed E-state index contributed by atoms with van der Waals surface area (Å²) in [5.74, 6) is 1.82. The van der Waals surface area contributed by atoms with Gasteiger partial charge in [0.2, 0.25) is 0 Å². The molecule has 1 heterocycles. The monoisotopic (exact) mass is 372 g/mol. The maximum Gasteiger partial charge on any atom is 0.122 e. The van der Waals surface area contributed by atoms with Crippen LogP contribution in [-0.4, -0.2) is 23.3 Å². The molecule has 28 heavy (non-hydrogen) atoms. The number of para-hydroxylation sites is 3. The molecule has 0 aliphatic carbocycles. The molecule has 0 saturated carbocycles. The van der Waals surface area contributed by atoms with Gasteiger partial charge in [-0.15, -0.1) is 0 Å². The fourth-order valence-corrected chi connectivity index (χ4v) is 3.42. The number of aryl methyl sites for hydroxylation is 2. The second-order valence-corrected chi connectivity index (χ2v) is 6.73. The summed E-state index contributed by atoms with van der Waals surface area (Å²) >= 11 is 0. The molecule has 1 aromatic heterocycles. The molecule has 4 rings (SSSR count). The zero-order valence-electron chi connectivity index (χ0n) is 16.0. The van der Waals surface area contributed by atoms with E-state index in [4.69, 9.17) is 9.47 Å². The third-order valence-electron chi connectivity index (χ3n) is 4.90. The number of nitrogens with zero attached hydrogens (tertiary/aromatic N) is 2. The van der Waals surface area contributed by atoms with Gasteiger partial charge in [-0.05, 0) is 47.9 Å². The molecule has 0 radical (unpaired) electrons. The molecule has 3 aromatic carbocycles. The predicted octanol–water partition coefficient (Wildman–Crippen LogP) is 4.91. The molecule has 4 heteroatoms. The van der Waals surface area contributed by atoms with Gasteiger partial charge in [0.15, 0.2) is 0 Å². The summed E-state index contributed by atoms with van der Waals surface area (Å²) in [6.45, 7) is 1.52. The number of hydrogen-bond donors (Lipinski definition) is 0. The molecule has 4 nitrogen and oxygen atoms in total. The average Bonchev–Trinajstić information content (AvgIpc) is 3.16. The lowest BCUT2D eigenvalue weighted by Gasteiger charge is -2.11. The Morgan fingerprint density at radius 1 is 0.893 bits per heavy atom. The van der Waals surface area contributed by atoms with E-state index < -0.39 is 0 Å². The SMILES string of the molecule is COc1ccccc1CCOc1cccc(CCn2cnc3ccccc32)c1. The van der Waals surface area contributed by atoms with Crippen LogP contribution < -0.4 is 9.47 Å². The van der Waals surface area contributed by atoms with Crippen LogP contribution in [0, 0.1) is 0 Å². The van der Waals surface area contributed by atoms with Gasteiger partial charge >= 0.3 is 0 Å². The maximum absolute atomic E-state index is 5.98. The van der Waals surface area contributed by atoms with Gasteiger partial charge in [-0.3, -0.25) is 0 Å². The highest BCUT2D eigenvalue weighted by molar-refractivity contribution is 5.74. The van der Waals surface area contributed by atoms with Crippen LogP contribution >= 0.6 is 0 Å². The molecule has 4 aromatic rings. The van der Waals surface area contributed by atoms with Gasteiger partial charge in [0.25, 0.3) is 0 Å². The van der Waals surface area contributed by atoms with Crippen molar-refractivity contribution in [2.45, 2.75) is 19.4 Å². The Bertz CT molecular complexity index is 1060. The average molecular weight is 372 g/mol. The lowest BCUT2D eigenvalue weighted by molar-refractivity contribution is 0.318. The van der Waals surface area contributed by atoms with Crippen molar-refractivity contribution in [3.63, 3.8) is 0 Å². The number of imidazole rings is 1. The van der Waals surface area contributed by atoms with Gasteiger partial charge < -0.3 is 14.0 Å². The van der Waals surface area contributed by atoms with E-state index in [9.17, 15) is 0 Å². The number of rotatable bonds is 8. The smallest absolute Gasteiger partial charge is 0.122 e. The quantitative estimate of drug-likeness (QED) is 0.441. The van der Waals surface area contributed by atoms with Crippen molar-refractivity contribution in [2.24, 2.45) is 0 Å². The first-order chi connectivity index (χ1) is 13.8. The number of hydrogen-bond acceptors (Lipinski definition) is 3. The minimum atomic E-state index is 0.621. The number of methoxy groups -OCH3 is 1. The Hall–Kier alpha value is -3.27. The Balaban J connectivity index is 1.35. The molecule has 0 bridgehead atoms. The van der Waals surface area contributed by atoms with Crippen LogP contribution in [0.25, 0.3) is 11.0 Å². The largest absolute Gasteiger partial charge is 0.496 e. The minimum absolute atomic E-state index is 0.621. The zero-order valence-corrected chi connectivity index (χ0v) is 16.0. The Kier molecular flexibility index (Phi) is 5.57. The van der Waals surface area contributed by atoms with Crippen LogP contribution in [0.15, 0.2) is 79.1 Å². The third kappa shape index (κ3) is 4.17. The molecule has 0 N–H and O–H groups in total. The first-order valence-electron chi connectivity index (χ1n) is 9.57. The van der Waals surface area contributed by atoms with Crippen LogP contribution in [0.1, 0.15) is 11.1 Å². The summed E-state index contributed by atoms with van der Waals surface area (Å²) in [4.78, 5) is 4.46. The van der Waals surface area contributed by atoms with Gasteiger partial charge in [-0.25, -0.2) is 4.98 Å². The second-order valence-electron chi connectivity index (χ2n) is 6.73. The molecule has 0 spiro atoms. The van der Waals surface area contributed by atoms with Gasteiger partial charge in [0, 0.05) is 13.0 Å². The van der Waals surface area contributed by atoms with Crippen molar-refractivity contribution in [1.82, 2.24) is 9.55 Å². The van der Waals surface area contributed by atoms with Crippen molar-refractivity contribution in [1.29, 1.82) is 0 Å². The molecule has 0 saturated heterocycles. The topological polar surface area (TPSA) is 36.3 Å². The van der Waals surface area contributed by atoms with Crippen molar-refractivity contribution in [3.8, 4) is 11.5 Å². The number of benzene rings is 3. The van der Waals surface area contributed by atoms with Crippen molar-refractivity contribution >= 4 is 11.0 Å². The summed E-state index contributed by atoms with van der Waals surface area (Å²) < 4.78 is 13.6. The summed E-state index contributed by atoms with van der Waals surface area (Å²) in [6, 6.07) is 24.6. The normalized spacial score (nSPS) is 10.9. The molecule has 142 valence electrons. The highest BCUT2D eigenvalue weighted by Gasteiger charge is 2.04. The number of fused-ring (bicyclic) bond motifs is 1. The van der Waals surface area contributed by atoms with Crippen LogP contribution in [-0.2, 0) is 19.4 Å². The Morgan fingerprint density at radius 2 is 1.75 bits per heavy atom. The van der Waals surface area contributed by atoms with Gasteiger partial charge in [0.1, 0.15) is 11.5 Å². The van der Waals surface area contributed by atoms with E-state index >= 15 is 0 Å². The first kappa shape index (κ1) is 18.1. The summed E-state index contributed by atoms with van der Waals surface area (Å²) in [6.07, 6.45) is 3.66. The van der Waals surface area contributed by atoms with E-state index in [2.05, 4.69) is 45.9 Å². The van der Waals surface area contributed by atoms with E-state index in [0.717, 1.165) is 42.0 Å². The fourth-order valence-electron chi connectivity index (χ4n) is 3.42. The molecule has 0 aliphatic rings. The van der Waals surface area contributed by atoms with Crippen LogP contribution in [0.4, 0.5) is 0 Å². The molecular formula is C24H24N2O2. The van der Waals surface area contributed by atoms with Gasteiger partial charge in [-0.1, -0.05) is 42.5 Å². The molecule has 0 unspecified atom stereocenters. The maximum atomic E-state index is 5.98. The Labute approximate surface area is 165 Å². The standard InChI is InChI=1S/C24H24N2O2/c1-27-24-12-5-2-8-20(24)14-16-28-21-9-6-7-19(17-21)13-15-26-18-25-22-10-3-4-11-23(22)26/h2-12,17-18H,13-16H2,1H3. The minimum Gasteiger partial charge on any atom is -0.496 e. The molecule has 0 atom stereocenters. The first-order valence-corrected chi connectivity index (χ1v) is 9.57. The number of aromatic nitrogens is 2. The molecule has 0 aliphatic heterocycles. The van der Waals surface area contributed by atoms with Crippen molar-refractivity contribution < 1.29 is 9.47 Å². The van der Waals surface area contributed by atoms with E-state index in [-0.39, 0.29) is 0 Å². The molecular weight excluding hydrogens is 348 g/mol. The zero-order chi connectivity index (χ0) is 19.2. The van der Waals surface area contributed by atoms with Crippen LogP contribution in [0.2, 0.25) is 0 Å². The number of ether oxygens (including phenoxy) is 2. The summed E-state index contributed by atoms with van der Waals surface area (Å²) in [5, 5.41) is 0. The second kappa shape index (κ2) is 8.61. The molecule has 0 amide bonds. The summed E-state index contributed by atoms with van der Waals surface area (Å²) in [5.41, 5.74) is 4.63. The lowest BCUT2D eigenvalue weighted by atomic mass is 10.1. The third-order valence-corrected chi connectivity index (χ3v) is 4.90.